The van der Waals surface area contributed by atoms with Gasteiger partial charge in [0, 0.05) is 27.2 Å². The molecule has 120 valence electrons. The third-order valence-electron chi connectivity index (χ3n) is 2.59. The van der Waals surface area contributed by atoms with Gasteiger partial charge in [-0.3, -0.25) is 4.79 Å². The van der Waals surface area contributed by atoms with Crippen molar-refractivity contribution >= 4 is 27.9 Å². The predicted molar refractivity (Wildman–Crippen MR) is 87.5 cm³/mol. The summed E-state index contributed by atoms with van der Waals surface area (Å²) in [4.78, 5) is 14.1. The van der Waals surface area contributed by atoms with Crippen LogP contribution in [0.4, 0.5) is 10.7 Å². The van der Waals surface area contributed by atoms with Gasteiger partial charge in [0.25, 0.3) is 5.91 Å². The number of thiophene rings is 1. The van der Waals surface area contributed by atoms with Crippen LogP contribution >= 0.6 is 11.3 Å². The maximum absolute atomic E-state index is 12.1. The zero-order valence-corrected chi connectivity index (χ0v) is 14.2. The standard InChI is InChI=1S/C14H25N3O3S/c1-6-19-8-7-16-13-11(20-9(2)3)10(15)12(21-13)14(18)17(4)5/h9,16H,6-8,15H2,1-5H3. The van der Waals surface area contributed by atoms with Crippen molar-refractivity contribution in [2.75, 3.05) is 44.9 Å². The second-order valence-corrected chi connectivity index (χ2v) is 6.01. The second kappa shape index (κ2) is 8.09. The van der Waals surface area contributed by atoms with Crippen LogP contribution in [-0.2, 0) is 4.74 Å². The van der Waals surface area contributed by atoms with Crippen LogP contribution in [0.3, 0.4) is 0 Å². The third-order valence-corrected chi connectivity index (χ3v) is 3.72. The number of carbonyl (C=O) groups excluding carboxylic acids is 1. The predicted octanol–water partition coefficient (Wildman–Crippen LogP) is 2.27. The van der Waals surface area contributed by atoms with E-state index < -0.39 is 0 Å². The molecule has 0 aliphatic carbocycles. The number of ether oxygens (including phenoxy) is 2. The van der Waals surface area contributed by atoms with Gasteiger partial charge in [0.05, 0.1) is 12.7 Å². The average Bonchev–Trinajstić information content (AvgIpc) is 2.71. The quantitative estimate of drug-likeness (QED) is 0.720. The maximum Gasteiger partial charge on any atom is 0.265 e. The highest BCUT2D eigenvalue weighted by molar-refractivity contribution is 7.19. The summed E-state index contributed by atoms with van der Waals surface area (Å²) < 4.78 is 11.0. The van der Waals surface area contributed by atoms with Crippen molar-refractivity contribution in [3.8, 4) is 5.75 Å². The fraction of sp³-hybridized carbons (Fsp3) is 0.643. The second-order valence-electron chi connectivity index (χ2n) is 4.99. The number of nitrogens with one attached hydrogen (secondary N) is 1. The molecule has 0 fully saturated rings. The molecule has 1 aromatic heterocycles. The molecule has 0 radical (unpaired) electrons. The number of hydrogen-bond donors (Lipinski definition) is 2. The van der Waals surface area contributed by atoms with Gasteiger partial charge in [0.15, 0.2) is 5.75 Å². The fourth-order valence-electron chi connectivity index (χ4n) is 1.64. The molecular weight excluding hydrogens is 290 g/mol. The number of nitrogens with two attached hydrogens (primary N) is 1. The molecule has 3 N–H and O–H groups in total. The first-order valence-electron chi connectivity index (χ1n) is 7.00. The van der Waals surface area contributed by atoms with Crippen LogP contribution in [0.15, 0.2) is 0 Å². The minimum absolute atomic E-state index is 0.0170. The van der Waals surface area contributed by atoms with Crippen molar-refractivity contribution in [2.45, 2.75) is 26.9 Å². The minimum atomic E-state index is -0.121. The summed E-state index contributed by atoms with van der Waals surface area (Å²) in [5, 5.41) is 4.00. The van der Waals surface area contributed by atoms with Crippen molar-refractivity contribution in [3.05, 3.63) is 4.88 Å². The Morgan fingerprint density at radius 2 is 2.10 bits per heavy atom. The summed E-state index contributed by atoms with van der Waals surface area (Å²) in [5.41, 5.74) is 6.48. The number of carbonyl (C=O) groups is 1. The Hall–Kier alpha value is -1.47. The maximum atomic E-state index is 12.1. The highest BCUT2D eigenvalue weighted by Crippen LogP contribution is 2.43. The van der Waals surface area contributed by atoms with Crippen LogP contribution < -0.4 is 15.8 Å². The van der Waals surface area contributed by atoms with Gasteiger partial charge < -0.3 is 25.4 Å². The van der Waals surface area contributed by atoms with Crippen molar-refractivity contribution < 1.29 is 14.3 Å². The summed E-state index contributed by atoms with van der Waals surface area (Å²) >= 11 is 1.31. The Morgan fingerprint density at radius 1 is 1.43 bits per heavy atom. The molecule has 1 heterocycles. The smallest absolute Gasteiger partial charge is 0.265 e. The highest BCUT2D eigenvalue weighted by atomic mass is 32.1. The highest BCUT2D eigenvalue weighted by Gasteiger charge is 2.23. The van der Waals surface area contributed by atoms with Gasteiger partial charge >= 0.3 is 0 Å². The molecule has 0 spiro atoms. The number of hydrogen-bond acceptors (Lipinski definition) is 6. The molecule has 1 rings (SSSR count). The zero-order valence-electron chi connectivity index (χ0n) is 13.4. The summed E-state index contributed by atoms with van der Waals surface area (Å²) in [6, 6.07) is 0. The largest absolute Gasteiger partial charge is 0.486 e. The number of anilines is 2. The number of amides is 1. The van der Waals surface area contributed by atoms with E-state index in [1.807, 2.05) is 20.8 Å². The molecule has 21 heavy (non-hydrogen) atoms. The first kappa shape index (κ1) is 17.6. The summed E-state index contributed by atoms with van der Waals surface area (Å²) in [7, 11) is 3.40. The summed E-state index contributed by atoms with van der Waals surface area (Å²) in [5.74, 6) is 0.431. The van der Waals surface area contributed by atoms with E-state index in [1.165, 1.54) is 16.2 Å². The number of rotatable bonds is 8. The van der Waals surface area contributed by atoms with Crippen molar-refractivity contribution in [3.63, 3.8) is 0 Å². The lowest BCUT2D eigenvalue weighted by molar-refractivity contribution is 0.0832. The normalized spacial score (nSPS) is 10.8. The lowest BCUT2D eigenvalue weighted by Crippen LogP contribution is -2.21. The van der Waals surface area contributed by atoms with Gasteiger partial charge in [-0.15, -0.1) is 11.3 Å². The number of nitrogens with zero attached hydrogens (tertiary/aromatic N) is 1. The van der Waals surface area contributed by atoms with Crippen molar-refractivity contribution in [1.82, 2.24) is 4.90 Å². The molecular formula is C14H25N3O3S. The Bertz CT molecular complexity index is 472. The van der Waals surface area contributed by atoms with E-state index in [0.717, 1.165) is 5.00 Å². The Morgan fingerprint density at radius 3 is 2.62 bits per heavy atom. The van der Waals surface area contributed by atoms with Crippen molar-refractivity contribution in [1.29, 1.82) is 0 Å². The zero-order chi connectivity index (χ0) is 16.0. The third kappa shape index (κ3) is 4.78. The molecule has 0 unspecified atom stereocenters. The van der Waals surface area contributed by atoms with Gasteiger partial charge in [-0.05, 0) is 20.8 Å². The van der Waals surface area contributed by atoms with E-state index in [-0.39, 0.29) is 12.0 Å². The van der Waals surface area contributed by atoms with Crippen LogP contribution in [0.2, 0.25) is 0 Å². The first-order valence-corrected chi connectivity index (χ1v) is 7.82. The van der Waals surface area contributed by atoms with Gasteiger partial charge in [-0.2, -0.15) is 0 Å². The van der Waals surface area contributed by atoms with E-state index in [2.05, 4.69) is 5.32 Å². The van der Waals surface area contributed by atoms with E-state index >= 15 is 0 Å². The number of nitrogen functional groups attached to an aromatic ring is 1. The van der Waals surface area contributed by atoms with E-state index in [0.29, 0.717) is 36.1 Å². The van der Waals surface area contributed by atoms with Crippen LogP contribution in [0.5, 0.6) is 5.75 Å². The Balaban J connectivity index is 2.97. The molecule has 0 aliphatic heterocycles. The monoisotopic (exact) mass is 315 g/mol. The minimum Gasteiger partial charge on any atom is -0.486 e. The fourth-order valence-corrected chi connectivity index (χ4v) is 2.74. The van der Waals surface area contributed by atoms with Gasteiger partial charge in [0.1, 0.15) is 15.6 Å². The van der Waals surface area contributed by atoms with E-state index in [4.69, 9.17) is 15.2 Å². The lowest BCUT2D eigenvalue weighted by atomic mass is 10.3. The average molecular weight is 315 g/mol. The summed E-state index contributed by atoms with van der Waals surface area (Å²) in [6.45, 7) is 7.70. The van der Waals surface area contributed by atoms with Crippen LogP contribution in [0.25, 0.3) is 0 Å². The van der Waals surface area contributed by atoms with E-state index in [1.54, 1.807) is 14.1 Å². The summed E-state index contributed by atoms with van der Waals surface area (Å²) in [6.07, 6.45) is -0.0170. The molecule has 0 atom stereocenters. The molecule has 0 aliphatic rings. The van der Waals surface area contributed by atoms with Crippen LogP contribution in [0, 0.1) is 0 Å². The molecule has 0 saturated heterocycles. The topological polar surface area (TPSA) is 76.8 Å². The molecule has 6 nitrogen and oxygen atoms in total. The molecule has 1 aromatic rings. The molecule has 7 heteroatoms. The van der Waals surface area contributed by atoms with Gasteiger partial charge in [-0.25, -0.2) is 0 Å². The SMILES string of the molecule is CCOCCNc1sc(C(=O)N(C)C)c(N)c1OC(C)C. The molecule has 0 saturated carbocycles. The van der Waals surface area contributed by atoms with Crippen LogP contribution in [0.1, 0.15) is 30.4 Å². The van der Waals surface area contributed by atoms with Gasteiger partial charge in [0.2, 0.25) is 0 Å². The molecule has 0 aromatic carbocycles. The first-order chi connectivity index (χ1) is 9.88. The molecule has 1 amide bonds. The lowest BCUT2D eigenvalue weighted by Gasteiger charge is -2.13. The van der Waals surface area contributed by atoms with Crippen LogP contribution in [-0.4, -0.2) is 50.8 Å². The molecule has 0 bridgehead atoms. The Kier molecular flexibility index (Phi) is 6.77. The Labute approximate surface area is 130 Å². The van der Waals surface area contributed by atoms with Gasteiger partial charge in [-0.1, -0.05) is 0 Å². The van der Waals surface area contributed by atoms with E-state index in [9.17, 15) is 4.79 Å². The van der Waals surface area contributed by atoms with Crippen molar-refractivity contribution in [2.24, 2.45) is 0 Å².